The fraction of sp³-hybridized carbons (Fsp3) is 0.0909. The zero-order valence-corrected chi connectivity index (χ0v) is 10.1. The Hall–Kier alpha value is -1.62. The van der Waals surface area contributed by atoms with Crippen LogP contribution in [0.2, 0.25) is 0 Å². The molecule has 2 rings (SSSR count). The van der Waals surface area contributed by atoms with Crippen LogP contribution in [0.1, 0.15) is 5.69 Å². The van der Waals surface area contributed by atoms with Crippen molar-refractivity contribution in [3.05, 3.63) is 47.0 Å². The van der Waals surface area contributed by atoms with Gasteiger partial charge in [-0.3, -0.25) is 0 Å². The Balaban J connectivity index is 2.05. The van der Waals surface area contributed by atoms with Crippen LogP contribution in [0.15, 0.2) is 41.3 Å². The quantitative estimate of drug-likeness (QED) is 0.847. The molecule has 82 valence electrons. The van der Waals surface area contributed by atoms with Gasteiger partial charge in [0.1, 0.15) is 6.33 Å². The molecular formula is C11H11BrN4. The predicted molar refractivity (Wildman–Crippen MR) is 67.9 cm³/mol. The summed E-state index contributed by atoms with van der Waals surface area (Å²) in [6, 6.07) is 7.52. The van der Waals surface area contributed by atoms with Crippen molar-refractivity contribution in [3.8, 4) is 0 Å². The summed E-state index contributed by atoms with van der Waals surface area (Å²) in [5, 5.41) is 3.26. The van der Waals surface area contributed by atoms with Crippen LogP contribution < -0.4 is 11.1 Å². The Morgan fingerprint density at radius 1 is 1.31 bits per heavy atom. The number of nitrogens with zero attached hydrogens (tertiary/aromatic N) is 2. The van der Waals surface area contributed by atoms with E-state index in [4.69, 9.17) is 5.73 Å². The third-order valence-corrected chi connectivity index (χ3v) is 2.75. The number of aromatic nitrogens is 2. The van der Waals surface area contributed by atoms with Gasteiger partial charge in [0.15, 0.2) is 0 Å². The molecule has 0 spiro atoms. The largest absolute Gasteiger partial charge is 0.399 e. The average molecular weight is 279 g/mol. The number of nitrogens with one attached hydrogen (secondary N) is 1. The summed E-state index contributed by atoms with van der Waals surface area (Å²) in [4.78, 5) is 7.99. The molecule has 0 unspecified atom stereocenters. The molecule has 1 aromatic heterocycles. The Morgan fingerprint density at radius 2 is 2.19 bits per heavy atom. The van der Waals surface area contributed by atoms with E-state index in [0.717, 1.165) is 21.5 Å². The second kappa shape index (κ2) is 4.94. The summed E-state index contributed by atoms with van der Waals surface area (Å²) < 4.78 is 0.946. The lowest BCUT2D eigenvalue weighted by atomic mass is 10.3. The Morgan fingerprint density at radius 3 is 2.88 bits per heavy atom. The van der Waals surface area contributed by atoms with E-state index in [1.165, 1.54) is 6.33 Å². The summed E-state index contributed by atoms with van der Waals surface area (Å²) in [6.07, 6.45) is 3.26. The van der Waals surface area contributed by atoms with Crippen molar-refractivity contribution in [2.75, 3.05) is 11.1 Å². The van der Waals surface area contributed by atoms with E-state index >= 15 is 0 Å². The monoisotopic (exact) mass is 278 g/mol. The number of hydrogen-bond donors (Lipinski definition) is 2. The standard InChI is InChI=1S/C11H11BrN4/c12-10-5-8(13)1-2-11(10)15-6-9-3-4-14-7-16-9/h1-5,7,15H,6,13H2. The molecule has 0 radical (unpaired) electrons. The number of hydrogen-bond acceptors (Lipinski definition) is 4. The highest BCUT2D eigenvalue weighted by Gasteiger charge is 2.00. The third-order valence-electron chi connectivity index (χ3n) is 2.10. The van der Waals surface area contributed by atoms with Crippen LogP contribution in [-0.2, 0) is 6.54 Å². The molecule has 0 aliphatic carbocycles. The molecule has 0 amide bonds. The minimum Gasteiger partial charge on any atom is -0.399 e. The molecule has 0 aliphatic rings. The Kier molecular flexibility index (Phi) is 3.36. The molecule has 16 heavy (non-hydrogen) atoms. The van der Waals surface area contributed by atoms with Crippen LogP contribution in [-0.4, -0.2) is 9.97 Å². The normalized spacial score (nSPS) is 10.1. The maximum absolute atomic E-state index is 5.66. The molecule has 0 atom stereocenters. The molecule has 5 heteroatoms. The van der Waals surface area contributed by atoms with Crippen molar-refractivity contribution in [1.29, 1.82) is 0 Å². The average Bonchev–Trinajstić information content (AvgIpc) is 2.29. The van der Waals surface area contributed by atoms with E-state index in [1.807, 2.05) is 24.3 Å². The molecule has 1 aromatic carbocycles. The topological polar surface area (TPSA) is 63.8 Å². The molecule has 0 saturated heterocycles. The van der Waals surface area contributed by atoms with Crippen molar-refractivity contribution < 1.29 is 0 Å². The fourth-order valence-corrected chi connectivity index (χ4v) is 1.82. The van der Waals surface area contributed by atoms with Crippen molar-refractivity contribution >= 4 is 27.3 Å². The summed E-state index contributed by atoms with van der Waals surface area (Å²) in [7, 11) is 0. The first-order valence-electron chi connectivity index (χ1n) is 4.79. The number of anilines is 2. The molecule has 0 bridgehead atoms. The van der Waals surface area contributed by atoms with Crippen LogP contribution in [0.5, 0.6) is 0 Å². The lowest BCUT2D eigenvalue weighted by molar-refractivity contribution is 1.01. The Bertz CT molecular complexity index is 473. The molecule has 3 N–H and O–H groups in total. The number of nitrogen functional groups attached to an aromatic ring is 1. The number of rotatable bonds is 3. The minimum absolute atomic E-state index is 0.658. The van der Waals surface area contributed by atoms with E-state index in [0.29, 0.717) is 6.54 Å². The van der Waals surface area contributed by atoms with Crippen molar-refractivity contribution in [2.45, 2.75) is 6.54 Å². The zero-order valence-electron chi connectivity index (χ0n) is 8.52. The van der Waals surface area contributed by atoms with Crippen LogP contribution >= 0.6 is 15.9 Å². The first-order valence-corrected chi connectivity index (χ1v) is 5.59. The van der Waals surface area contributed by atoms with E-state index in [1.54, 1.807) is 6.20 Å². The maximum atomic E-state index is 5.66. The van der Waals surface area contributed by atoms with E-state index in [2.05, 4.69) is 31.2 Å². The van der Waals surface area contributed by atoms with Crippen LogP contribution in [0.4, 0.5) is 11.4 Å². The molecule has 0 saturated carbocycles. The predicted octanol–water partition coefficient (Wildman–Crippen LogP) is 2.43. The van der Waals surface area contributed by atoms with Gasteiger partial charge in [-0.05, 0) is 40.2 Å². The molecular weight excluding hydrogens is 268 g/mol. The summed E-state index contributed by atoms with van der Waals surface area (Å²) in [5.74, 6) is 0. The van der Waals surface area contributed by atoms with Gasteiger partial charge in [0.2, 0.25) is 0 Å². The lowest BCUT2D eigenvalue weighted by Crippen LogP contribution is -2.02. The summed E-state index contributed by atoms with van der Waals surface area (Å²) in [5.41, 5.74) is 8.33. The van der Waals surface area contributed by atoms with Gasteiger partial charge in [-0.25, -0.2) is 9.97 Å². The van der Waals surface area contributed by atoms with Crippen LogP contribution in [0.3, 0.4) is 0 Å². The second-order valence-corrected chi connectivity index (χ2v) is 4.15. The molecule has 1 heterocycles. The molecule has 0 fully saturated rings. The van der Waals surface area contributed by atoms with E-state index in [9.17, 15) is 0 Å². The first kappa shape index (κ1) is 10.9. The van der Waals surface area contributed by atoms with E-state index in [-0.39, 0.29) is 0 Å². The van der Waals surface area contributed by atoms with Crippen LogP contribution in [0, 0.1) is 0 Å². The highest BCUT2D eigenvalue weighted by atomic mass is 79.9. The molecule has 2 aromatic rings. The van der Waals surface area contributed by atoms with Crippen molar-refractivity contribution in [2.24, 2.45) is 0 Å². The first-order chi connectivity index (χ1) is 7.75. The van der Waals surface area contributed by atoms with Gasteiger partial charge < -0.3 is 11.1 Å². The maximum Gasteiger partial charge on any atom is 0.115 e. The number of halogens is 1. The highest BCUT2D eigenvalue weighted by molar-refractivity contribution is 9.10. The van der Waals surface area contributed by atoms with Crippen LogP contribution in [0.25, 0.3) is 0 Å². The van der Waals surface area contributed by atoms with Gasteiger partial charge in [0.25, 0.3) is 0 Å². The number of benzene rings is 1. The SMILES string of the molecule is Nc1ccc(NCc2ccncn2)c(Br)c1. The van der Waals surface area contributed by atoms with Gasteiger partial charge in [0, 0.05) is 22.0 Å². The van der Waals surface area contributed by atoms with Crippen molar-refractivity contribution in [1.82, 2.24) is 9.97 Å². The highest BCUT2D eigenvalue weighted by Crippen LogP contribution is 2.24. The lowest BCUT2D eigenvalue weighted by Gasteiger charge is -2.08. The molecule has 4 nitrogen and oxygen atoms in total. The summed E-state index contributed by atoms with van der Waals surface area (Å²) >= 11 is 3.45. The number of nitrogens with two attached hydrogens (primary N) is 1. The summed E-state index contributed by atoms with van der Waals surface area (Å²) in [6.45, 7) is 0.658. The van der Waals surface area contributed by atoms with Gasteiger partial charge in [-0.15, -0.1) is 0 Å². The third kappa shape index (κ3) is 2.70. The Labute approximate surface area is 102 Å². The van der Waals surface area contributed by atoms with Gasteiger partial charge >= 0.3 is 0 Å². The van der Waals surface area contributed by atoms with Gasteiger partial charge in [-0.2, -0.15) is 0 Å². The molecule has 0 aliphatic heterocycles. The van der Waals surface area contributed by atoms with E-state index < -0.39 is 0 Å². The van der Waals surface area contributed by atoms with Gasteiger partial charge in [-0.1, -0.05) is 0 Å². The minimum atomic E-state index is 0.658. The zero-order chi connectivity index (χ0) is 11.4. The second-order valence-electron chi connectivity index (χ2n) is 3.29. The smallest absolute Gasteiger partial charge is 0.115 e. The van der Waals surface area contributed by atoms with Gasteiger partial charge in [0.05, 0.1) is 12.2 Å². The fourth-order valence-electron chi connectivity index (χ4n) is 1.28. The van der Waals surface area contributed by atoms with Crippen molar-refractivity contribution in [3.63, 3.8) is 0 Å².